The van der Waals surface area contributed by atoms with E-state index in [9.17, 15) is 4.79 Å². The van der Waals surface area contributed by atoms with Gasteiger partial charge in [-0.25, -0.2) is 0 Å². The van der Waals surface area contributed by atoms with Crippen LogP contribution in [0.3, 0.4) is 0 Å². The number of rotatable bonds is 4. The zero-order chi connectivity index (χ0) is 15.4. The number of halogens is 1. The fraction of sp³-hybridized carbons (Fsp3) is 0.467. The number of nitrogens with two attached hydrogens (primary N) is 1. The lowest BCUT2D eigenvalue weighted by Gasteiger charge is -2.32. The maximum absolute atomic E-state index is 12.4. The number of thiocarbonyl (C=S) groups is 1. The van der Waals surface area contributed by atoms with Crippen LogP contribution >= 0.6 is 28.1 Å². The lowest BCUT2D eigenvalue weighted by molar-refractivity contribution is 0.0914. The van der Waals surface area contributed by atoms with Gasteiger partial charge < -0.3 is 11.1 Å². The van der Waals surface area contributed by atoms with Gasteiger partial charge in [0, 0.05) is 35.7 Å². The number of hydrogen-bond donors (Lipinski definition) is 2. The summed E-state index contributed by atoms with van der Waals surface area (Å²) in [6.45, 7) is 4.45. The van der Waals surface area contributed by atoms with Crippen molar-refractivity contribution in [3.05, 3.63) is 33.8 Å². The Balaban J connectivity index is 1.90. The second kappa shape index (κ2) is 7.33. The van der Waals surface area contributed by atoms with E-state index in [0.29, 0.717) is 11.5 Å². The van der Waals surface area contributed by atoms with Crippen molar-refractivity contribution in [2.45, 2.75) is 25.8 Å². The summed E-state index contributed by atoms with van der Waals surface area (Å²) >= 11 is 8.39. The molecule has 0 atom stereocenters. The lowest BCUT2D eigenvalue weighted by Crippen LogP contribution is -2.46. The van der Waals surface area contributed by atoms with E-state index in [2.05, 4.69) is 26.1 Å². The van der Waals surface area contributed by atoms with Crippen LogP contribution in [0.25, 0.3) is 0 Å². The highest BCUT2D eigenvalue weighted by Crippen LogP contribution is 2.20. The summed E-state index contributed by atoms with van der Waals surface area (Å²) in [4.78, 5) is 15.1. The average molecular weight is 370 g/mol. The Morgan fingerprint density at radius 1 is 1.48 bits per heavy atom. The molecule has 0 radical (unpaired) electrons. The molecule has 0 bridgehead atoms. The monoisotopic (exact) mass is 369 g/mol. The molecule has 4 nitrogen and oxygen atoms in total. The summed E-state index contributed by atoms with van der Waals surface area (Å²) in [6, 6.07) is 5.91. The Labute approximate surface area is 139 Å². The van der Waals surface area contributed by atoms with E-state index in [1.54, 1.807) is 0 Å². The predicted molar refractivity (Wildman–Crippen MR) is 92.6 cm³/mol. The van der Waals surface area contributed by atoms with Crippen molar-refractivity contribution < 1.29 is 4.79 Å². The van der Waals surface area contributed by atoms with Crippen LogP contribution < -0.4 is 11.1 Å². The van der Waals surface area contributed by atoms with Gasteiger partial charge in [-0.3, -0.25) is 9.69 Å². The molecular weight excluding hydrogens is 350 g/mol. The molecule has 1 aromatic carbocycles. The fourth-order valence-electron chi connectivity index (χ4n) is 2.57. The zero-order valence-corrected chi connectivity index (χ0v) is 14.5. The number of benzene rings is 1. The summed E-state index contributed by atoms with van der Waals surface area (Å²) in [7, 11) is 0. The summed E-state index contributed by atoms with van der Waals surface area (Å²) in [5.74, 6) is 0.00148. The molecule has 1 aliphatic rings. The lowest BCUT2D eigenvalue weighted by atomic mass is 10.0. The zero-order valence-electron chi connectivity index (χ0n) is 12.1. The van der Waals surface area contributed by atoms with Crippen molar-refractivity contribution in [1.82, 2.24) is 10.2 Å². The van der Waals surface area contributed by atoms with Gasteiger partial charge in [0.1, 0.15) is 0 Å². The number of hydrogen-bond acceptors (Lipinski definition) is 3. The second-order valence-electron chi connectivity index (χ2n) is 5.40. The van der Waals surface area contributed by atoms with Gasteiger partial charge in [0.15, 0.2) is 0 Å². The largest absolute Gasteiger partial charge is 0.392 e. The van der Waals surface area contributed by atoms with Gasteiger partial charge in [0.05, 0.1) is 4.99 Å². The number of piperidine rings is 1. The van der Waals surface area contributed by atoms with Gasteiger partial charge in [-0.2, -0.15) is 0 Å². The summed E-state index contributed by atoms with van der Waals surface area (Å²) < 4.78 is 0.960. The maximum Gasteiger partial charge on any atom is 0.251 e. The molecule has 2 rings (SSSR count). The number of carbonyl (C=O) groups excluding carboxylic acids is 1. The summed E-state index contributed by atoms with van der Waals surface area (Å²) in [5, 5.41) is 3.13. The van der Waals surface area contributed by atoms with Crippen molar-refractivity contribution in [1.29, 1.82) is 0 Å². The van der Waals surface area contributed by atoms with Crippen LogP contribution in [-0.4, -0.2) is 41.5 Å². The van der Waals surface area contributed by atoms with Crippen molar-refractivity contribution >= 4 is 39.0 Å². The molecule has 0 aliphatic carbocycles. The van der Waals surface area contributed by atoms with Gasteiger partial charge in [-0.05, 0) is 37.5 Å². The molecule has 1 aromatic rings. The molecule has 0 saturated carbocycles. The number of amides is 1. The number of carbonyl (C=O) groups is 1. The third-order valence-corrected chi connectivity index (χ3v) is 4.80. The standard InChI is InChI=1S/C15H20BrN3OS/c1-10-12(3-2-4-13(10)16)15(20)18-11-5-7-19(8-6-11)9-14(17)21/h2-4,11H,5-9H2,1H3,(H2,17,21)(H,18,20). The number of likely N-dealkylation sites (tertiary alicyclic amines) is 1. The summed E-state index contributed by atoms with van der Waals surface area (Å²) in [6.07, 6.45) is 1.86. The number of nitrogens with one attached hydrogen (secondary N) is 1. The van der Waals surface area contributed by atoms with E-state index in [4.69, 9.17) is 18.0 Å². The SMILES string of the molecule is Cc1c(Br)cccc1C(=O)NC1CCN(CC(N)=S)CC1. The first-order chi connectivity index (χ1) is 9.97. The molecule has 21 heavy (non-hydrogen) atoms. The Morgan fingerprint density at radius 2 is 2.14 bits per heavy atom. The van der Waals surface area contributed by atoms with E-state index >= 15 is 0 Å². The van der Waals surface area contributed by atoms with E-state index < -0.39 is 0 Å². The van der Waals surface area contributed by atoms with Gasteiger partial charge >= 0.3 is 0 Å². The highest BCUT2D eigenvalue weighted by molar-refractivity contribution is 9.10. The maximum atomic E-state index is 12.4. The normalized spacial score (nSPS) is 16.7. The Morgan fingerprint density at radius 3 is 2.76 bits per heavy atom. The van der Waals surface area contributed by atoms with Gasteiger partial charge in [0.25, 0.3) is 5.91 Å². The number of nitrogens with zero attached hydrogens (tertiary/aromatic N) is 1. The fourth-order valence-corrected chi connectivity index (χ4v) is 3.12. The first kappa shape index (κ1) is 16.4. The first-order valence-electron chi connectivity index (χ1n) is 7.04. The van der Waals surface area contributed by atoms with Crippen LogP contribution in [0.15, 0.2) is 22.7 Å². The molecular formula is C15H20BrN3OS. The molecule has 1 fully saturated rings. The Kier molecular flexibility index (Phi) is 5.72. The average Bonchev–Trinajstić information content (AvgIpc) is 2.43. The molecule has 1 amide bonds. The molecule has 114 valence electrons. The minimum atomic E-state index is 0.00148. The molecule has 1 heterocycles. The van der Waals surface area contributed by atoms with Crippen molar-refractivity contribution in [2.75, 3.05) is 19.6 Å². The molecule has 0 aromatic heterocycles. The minimum Gasteiger partial charge on any atom is -0.392 e. The van der Waals surface area contributed by atoms with Crippen molar-refractivity contribution in [3.63, 3.8) is 0 Å². The third-order valence-electron chi connectivity index (χ3n) is 3.81. The van der Waals surface area contributed by atoms with Crippen molar-refractivity contribution in [3.8, 4) is 0 Å². The molecule has 3 N–H and O–H groups in total. The van der Waals surface area contributed by atoms with Crippen LogP contribution in [0, 0.1) is 6.92 Å². The van der Waals surface area contributed by atoms with E-state index in [1.165, 1.54) is 0 Å². The van der Waals surface area contributed by atoms with Crippen LogP contribution in [0.5, 0.6) is 0 Å². The summed E-state index contributed by atoms with van der Waals surface area (Å²) in [5.41, 5.74) is 7.27. The first-order valence-corrected chi connectivity index (χ1v) is 8.24. The molecule has 0 unspecified atom stereocenters. The highest BCUT2D eigenvalue weighted by Gasteiger charge is 2.22. The molecule has 0 spiro atoms. The molecule has 1 aliphatic heterocycles. The van der Waals surface area contributed by atoms with Crippen LogP contribution in [-0.2, 0) is 0 Å². The highest BCUT2D eigenvalue weighted by atomic mass is 79.9. The van der Waals surface area contributed by atoms with Gasteiger partial charge in [-0.15, -0.1) is 0 Å². The van der Waals surface area contributed by atoms with Crippen LogP contribution in [0.4, 0.5) is 0 Å². The molecule has 1 saturated heterocycles. The second-order valence-corrected chi connectivity index (χ2v) is 6.78. The van der Waals surface area contributed by atoms with E-state index in [0.717, 1.165) is 41.5 Å². The van der Waals surface area contributed by atoms with E-state index in [1.807, 2.05) is 25.1 Å². The Hall–Kier alpha value is -0.980. The van der Waals surface area contributed by atoms with Crippen LogP contribution in [0.2, 0.25) is 0 Å². The van der Waals surface area contributed by atoms with E-state index in [-0.39, 0.29) is 11.9 Å². The van der Waals surface area contributed by atoms with Gasteiger partial charge in [0.2, 0.25) is 0 Å². The van der Waals surface area contributed by atoms with Crippen molar-refractivity contribution in [2.24, 2.45) is 5.73 Å². The minimum absolute atomic E-state index is 0.00148. The third kappa shape index (κ3) is 4.49. The Bertz CT molecular complexity index is 542. The van der Waals surface area contributed by atoms with Gasteiger partial charge in [-0.1, -0.05) is 34.2 Å². The predicted octanol–water partition coefficient (Wildman–Crippen LogP) is 2.24. The van der Waals surface area contributed by atoms with Crippen LogP contribution in [0.1, 0.15) is 28.8 Å². The quantitative estimate of drug-likeness (QED) is 0.799. The molecule has 6 heteroatoms. The topological polar surface area (TPSA) is 58.4 Å². The smallest absolute Gasteiger partial charge is 0.251 e.